The predicted molar refractivity (Wildman–Crippen MR) is 74.8 cm³/mol. The van der Waals surface area contributed by atoms with E-state index < -0.39 is 0 Å². The van der Waals surface area contributed by atoms with Crippen molar-refractivity contribution in [1.29, 1.82) is 0 Å². The molecular weight excluding hydrogens is 246 g/mol. The van der Waals surface area contributed by atoms with Crippen LogP contribution in [0.15, 0.2) is 24.3 Å². The summed E-state index contributed by atoms with van der Waals surface area (Å²) >= 11 is 6.08. The van der Waals surface area contributed by atoms with E-state index in [0.717, 1.165) is 31.5 Å². The number of nitrogens with zero attached hydrogens (tertiary/aromatic N) is 1. The first kappa shape index (κ1) is 13.4. The van der Waals surface area contributed by atoms with Crippen molar-refractivity contribution in [1.82, 2.24) is 4.90 Å². The van der Waals surface area contributed by atoms with Gasteiger partial charge >= 0.3 is 0 Å². The summed E-state index contributed by atoms with van der Waals surface area (Å²) in [4.78, 5) is 14.2. The Morgan fingerprint density at radius 3 is 2.50 bits per heavy atom. The fourth-order valence-corrected chi connectivity index (χ4v) is 2.48. The largest absolute Gasteiger partial charge is 0.342 e. The second-order valence-electron chi connectivity index (χ2n) is 5.81. The lowest BCUT2D eigenvalue weighted by molar-refractivity contribution is -0.132. The molecule has 0 aliphatic carbocycles. The summed E-state index contributed by atoms with van der Waals surface area (Å²) in [5.74, 6) is 0.193. The van der Waals surface area contributed by atoms with Crippen LogP contribution in [0.3, 0.4) is 0 Å². The lowest BCUT2D eigenvalue weighted by Gasteiger charge is -2.37. The van der Waals surface area contributed by atoms with Crippen molar-refractivity contribution in [3.63, 3.8) is 0 Å². The second kappa shape index (κ2) is 5.31. The molecule has 0 bridgehead atoms. The van der Waals surface area contributed by atoms with Crippen LogP contribution in [-0.2, 0) is 11.2 Å². The highest BCUT2D eigenvalue weighted by Crippen LogP contribution is 2.30. The van der Waals surface area contributed by atoms with Crippen LogP contribution in [0.4, 0.5) is 0 Å². The monoisotopic (exact) mass is 265 g/mol. The number of benzene rings is 1. The highest BCUT2D eigenvalue weighted by Gasteiger charge is 2.27. The lowest BCUT2D eigenvalue weighted by Crippen LogP contribution is -2.41. The minimum atomic E-state index is 0.193. The molecule has 1 amide bonds. The molecule has 0 atom stereocenters. The van der Waals surface area contributed by atoms with Crippen molar-refractivity contribution in [2.45, 2.75) is 33.1 Å². The van der Waals surface area contributed by atoms with Gasteiger partial charge in [-0.05, 0) is 29.9 Å². The Bertz CT molecular complexity index is 432. The van der Waals surface area contributed by atoms with Gasteiger partial charge in [0.25, 0.3) is 0 Å². The number of likely N-dealkylation sites (tertiary alicyclic amines) is 1. The predicted octanol–water partition coefficient (Wildman–Crippen LogP) is 3.53. The van der Waals surface area contributed by atoms with E-state index in [1.165, 1.54) is 0 Å². The maximum atomic E-state index is 12.2. The Hall–Kier alpha value is -1.02. The molecule has 1 aliphatic rings. The van der Waals surface area contributed by atoms with Crippen LogP contribution in [-0.4, -0.2) is 23.9 Å². The van der Waals surface area contributed by atoms with Gasteiger partial charge in [-0.3, -0.25) is 4.79 Å². The van der Waals surface area contributed by atoms with Gasteiger partial charge in [0.05, 0.1) is 6.42 Å². The van der Waals surface area contributed by atoms with Gasteiger partial charge in [0.2, 0.25) is 5.91 Å². The molecule has 0 saturated carbocycles. The fraction of sp³-hybridized carbons (Fsp3) is 0.533. The first-order valence-corrected chi connectivity index (χ1v) is 6.87. The molecule has 1 aromatic carbocycles. The molecule has 0 unspecified atom stereocenters. The molecule has 1 aliphatic heterocycles. The van der Waals surface area contributed by atoms with Crippen molar-refractivity contribution in [3.05, 3.63) is 34.9 Å². The molecule has 18 heavy (non-hydrogen) atoms. The summed E-state index contributed by atoms with van der Waals surface area (Å²) in [5, 5.41) is 0.684. The van der Waals surface area contributed by atoms with Crippen LogP contribution in [0.1, 0.15) is 32.3 Å². The normalized spacial score (nSPS) is 18.7. The third-order valence-corrected chi connectivity index (χ3v) is 4.14. The average molecular weight is 266 g/mol. The highest BCUT2D eigenvalue weighted by molar-refractivity contribution is 6.31. The van der Waals surface area contributed by atoms with Crippen molar-refractivity contribution < 1.29 is 4.79 Å². The fourth-order valence-electron chi connectivity index (χ4n) is 2.28. The van der Waals surface area contributed by atoms with E-state index in [1.807, 2.05) is 29.2 Å². The van der Waals surface area contributed by atoms with E-state index in [1.54, 1.807) is 0 Å². The van der Waals surface area contributed by atoms with Crippen molar-refractivity contribution in [2.24, 2.45) is 5.41 Å². The van der Waals surface area contributed by atoms with Crippen molar-refractivity contribution >= 4 is 17.5 Å². The topological polar surface area (TPSA) is 20.3 Å². The van der Waals surface area contributed by atoms with E-state index in [4.69, 9.17) is 11.6 Å². The number of amides is 1. The molecule has 1 saturated heterocycles. The van der Waals surface area contributed by atoms with E-state index in [2.05, 4.69) is 13.8 Å². The minimum absolute atomic E-state index is 0.193. The molecule has 1 aromatic rings. The molecule has 1 heterocycles. The van der Waals surface area contributed by atoms with Gasteiger partial charge in [0.15, 0.2) is 0 Å². The quantitative estimate of drug-likeness (QED) is 0.801. The number of rotatable bonds is 2. The van der Waals surface area contributed by atoms with Crippen LogP contribution in [0.25, 0.3) is 0 Å². The summed E-state index contributed by atoms with van der Waals surface area (Å²) in [6.45, 7) is 6.28. The first-order chi connectivity index (χ1) is 8.48. The Morgan fingerprint density at radius 2 is 1.89 bits per heavy atom. The Kier molecular flexibility index (Phi) is 3.96. The highest BCUT2D eigenvalue weighted by atomic mass is 35.5. The van der Waals surface area contributed by atoms with E-state index in [0.29, 0.717) is 16.9 Å². The number of halogens is 1. The number of carbonyl (C=O) groups is 1. The number of piperidine rings is 1. The average Bonchev–Trinajstić information content (AvgIpc) is 2.32. The Labute approximate surface area is 114 Å². The standard InChI is InChI=1S/C15H20ClNO/c1-15(2)7-9-17(10-8-15)14(18)11-12-5-3-4-6-13(12)16/h3-6H,7-11H2,1-2H3. The SMILES string of the molecule is CC1(C)CCN(C(=O)Cc2ccccc2Cl)CC1. The molecule has 2 rings (SSSR count). The van der Waals surface area contributed by atoms with Gasteiger partial charge in [-0.1, -0.05) is 43.6 Å². The molecule has 2 nitrogen and oxygen atoms in total. The maximum absolute atomic E-state index is 12.2. The minimum Gasteiger partial charge on any atom is -0.342 e. The maximum Gasteiger partial charge on any atom is 0.227 e. The zero-order chi connectivity index (χ0) is 13.2. The summed E-state index contributed by atoms with van der Waals surface area (Å²) in [7, 11) is 0. The van der Waals surface area contributed by atoms with E-state index >= 15 is 0 Å². The van der Waals surface area contributed by atoms with E-state index in [-0.39, 0.29) is 5.91 Å². The lowest BCUT2D eigenvalue weighted by atomic mass is 9.82. The second-order valence-corrected chi connectivity index (χ2v) is 6.22. The van der Waals surface area contributed by atoms with Gasteiger partial charge in [-0.2, -0.15) is 0 Å². The summed E-state index contributed by atoms with van der Waals surface area (Å²) in [5.41, 5.74) is 1.30. The van der Waals surface area contributed by atoms with Crippen LogP contribution >= 0.6 is 11.6 Å². The number of hydrogen-bond acceptors (Lipinski definition) is 1. The number of carbonyl (C=O) groups excluding carboxylic acids is 1. The van der Waals surface area contributed by atoms with Crippen LogP contribution in [0.5, 0.6) is 0 Å². The molecule has 98 valence electrons. The first-order valence-electron chi connectivity index (χ1n) is 6.49. The van der Waals surface area contributed by atoms with Crippen molar-refractivity contribution in [2.75, 3.05) is 13.1 Å². The van der Waals surface area contributed by atoms with Crippen molar-refractivity contribution in [3.8, 4) is 0 Å². The molecule has 0 aromatic heterocycles. The van der Waals surface area contributed by atoms with Crippen LogP contribution < -0.4 is 0 Å². The molecule has 0 N–H and O–H groups in total. The van der Waals surface area contributed by atoms with Crippen LogP contribution in [0, 0.1) is 5.41 Å². The Balaban J connectivity index is 1.95. The Morgan fingerprint density at radius 1 is 1.28 bits per heavy atom. The molecule has 0 radical (unpaired) electrons. The summed E-state index contributed by atoms with van der Waals surface area (Å²) in [6.07, 6.45) is 2.59. The summed E-state index contributed by atoms with van der Waals surface area (Å²) in [6, 6.07) is 7.57. The zero-order valence-electron chi connectivity index (χ0n) is 11.1. The molecule has 0 spiro atoms. The smallest absolute Gasteiger partial charge is 0.227 e. The van der Waals surface area contributed by atoms with E-state index in [9.17, 15) is 4.79 Å². The molecular formula is C15H20ClNO. The van der Waals surface area contributed by atoms with Gasteiger partial charge in [-0.25, -0.2) is 0 Å². The molecule has 1 fully saturated rings. The summed E-state index contributed by atoms with van der Waals surface area (Å²) < 4.78 is 0. The third-order valence-electron chi connectivity index (χ3n) is 3.77. The third kappa shape index (κ3) is 3.26. The van der Waals surface area contributed by atoms with Gasteiger partial charge in [0, 0.05) is 18.1 Å². The van der Waals surface area contributed by atoms with Gasteiger partial charge in [-0.15, -0.1) is 0 Å². The number of hydrogen-bond donors (Lipinski definition) is 0. The molecule has 3 heteroatoms. The zero-order valence-corrected chi connectivity index (χ0v) is 11.8. The van der Waals surface area contributed by atoms with Gasteiger partial charge in [0.1, 0.15) is 0 Å². The van der Waals surface area contributed by atoms with Gasteiger partial charge < -0.3 is 4.90 Å². The van der Waals surface area contributed by atoms with Crippen LogP contribution in [0.2, 0.25) is 5.02 Å².